The summed E-state index contributed by atoms with van der Waals surface area (Å²) in [5.74, 6) is -1.74. The second-order valence-electron chi connectivity index (χ2n) is 3.64. The van der Waals surface area contributed by atoms with Gasteiger partial charge in [0.15, 0.2) is 0 Å². The van der Waals surface area contributed by atoms with E-state index in [0.717, 1.165) is 6.08 Å². The van der Waals surface area contributed by atoms with E-state index in [1.165, 1.54) is 6.92 Å². The summed E-state index contributed by atoms with van der Waals surface area (Å²) in [7, 11) is 0. The van der Waals surface area contributed by atoms with E-state index in [-0.39, 0.29) is 11.5 Å². The lowest BCUT2D eigenvalue weighted by Gasteiger charge is -2.14. The maximum absolute atomic E-state index is 11.4. The summed E-state index contributed by atoms with van der Waals surface area (Å²) in [5.41, 5.74) is 0.273. The maximum Gasteiger partial charge on any atom is 0.381 e. The molecule has 2 unspecified atom stereocenters. The third-order valence-electron chi connectivity index (χ3n) is 2.24. The smallest absolute Gasteiger partial charge is 0.381 e. The maximum atomic E-state index is 11.4. The average molecular weight is 242 g/mol. The van der Waals surface area contributed by atoms with Gasteiger partial charge in [-0.1, -0.05) is 19.6 Å². The second kappa shape index (κ2) is 7.62. The van der Waals surface area contributed by atoms with Crippen LogP contribution in [0.4, 0.5) is 0 Å². The van der Waals surface area contributed by atoms with E-state index >= 15 is 0 Å². The van der Waals surface area contributed by atoms with Crippen molar-refractivity contribution in [1.29, 1.82) is 0 Å². The van der Waals surface area contributed by atoms with Crippen LogP contribution in [0.5, 0.6) is 0 Å². The lowest BCUT2D eigenvalue weighted by atomic mass is 9.98. The van der Waals surface area contributed by atoms with Gasteiger partial charge in [0.25, 0.3) is 0 Å². The zero-order chi connectivity index (χ0) is 13.4. The number of hydrogen-bond donors (Lipinski definition) is 1. The first-order chi connectivity index (χ1) is 7.92. The predicted octanol–water partition coefficient (Wildman–Crippen LogP) is 1.53. The summed E-state index contributed by atoms with van der Waals surface area (Å²) in [6.45, 7) is 8.21. The first-order valence-electron chi connectivity index (χ1n) is 5.34. The molecule has 5 heteroatoms. The highest BCUT2D eigenvalue weighted by molar-refractivity contribution is 5.88. The summed E-state index contributed by atoms with van der Waals surface area (Å²) < 4.78 is 0. The third-order valence-corrected chi connectivity index (χ3v) is 2.24. The van der Waals surface area contributed by atoms with Crippen molar-refractivity contribution in [3.63, 3.8) is 0 Å². The van der Waals surface area contributed by atoms with E-state index in [1.54, 1.807) is 13.0 Å². The minimum atomic E-state index is -0.839. The zero-order valence-electron chi connectivity index (χ0n) is 10.3. The number of rotatable bonds is 5. The van der Waals surface area contributed by atoms with Crippen LogP contribution in [0.15, 0.2) is 24.3 Å². The molecule has 0 aromatic rings. The lowest BCUT2D eigenvalue weighted by Crippen LogP contribution is -2.16. The fourth-order valence-corrected chi connectivity index (χ4v) is 1.17. The molecule has 17 heavy (non-hydrogen) atoms. The van der Waals surface area contributed by atoms with E-state index in [9.17, 15) is 14.7 Å². The molecule has 0 radical (unpaired) electrons. The van der Waals surface area contributed by atoms with E-state index < -0.39 is 18.0 Å². The minimum Gasteiger partial charge on any atom is -0.393 e. The van der Waals surface area contributed by atoms with Crippen molar-refractivity contribution in [2.24, 2.45) is 5.92 Å². The van der Waals surface area contributed by atoms with Crippen LogP contribution in [-0.4, -0.2) is 23.1 Å². The Morgan fingerprint density at radius 2 is 2.00 bits per heavy atom. The third kappa shape index (κ3) is 5.87. The van der Waals surface area contributed by atoms with Crippen molar-refractivity contribution in [1.82, 2.24) is 0 Å². The zero-order valence-corrected chi connectivity index (χ0v) is 10.3. The normalized spacial score (nSPS) is 14.7. The minimum absolute atomic E-state index is 0.141. The van der Waals surface area contributed by atoms with Gasteiger partial charge >= 0.3 is 11.9 Å². The van der Waals surface area contributed by atoms with Crippen LogP contribution in [0.1, 0.15) is 27.2 Å². The van der Waals surface area contributed by atoms with Gasteiger partial charge in [-0.05, 0) is 20.3 Å². The Kier molecular flexibility index (Phi) is 6.89. The number of carbonyl (C=O) groups excluding carboxylic acids is 2. The van der Waals surface area contributed by atoms with Crippen LogP contribution >= 0.6 is 0 Å². The van der Waals surface area contributed by atoms with Crippen LogP contribution < -0.4 is 0 Å². The highest BCUT2D eigenvalue weighted by Crippen LogP contribution is 2.13. The Labute approximate surface area is 101 Å². The summed E-state index contributed by atoms with van der Waals surface area (Å²) in [6.07, 6.45) is 2.61. The van der Waals surface area contributed by atoms with Crippen LogP contribution in [0.3, 0.4) is 0 Å². The van der Waals surface area contributed by atoms with E-state index in [0.29, 0.717) is 6.42 Å². The van der Waals surface area contributed by atoms with Gasteiger partial charge in [-0.3, -0.25) is 0 Å². The van der Waals surface area contributed by atoms with E-state index in [4.69, 9.17) is 0 Å². The standard InChI is InChI=1S/C12H18O5/c1-5-10(9(4)13)7-8(3)12(15)17-16-11(14)6-2/h6-7,9-10,13H,2,5H2,1,3-4H3. The Morgan fingerprint density at radius 1 is 1.41 bits per heavy atom. The van der Waals surface area contributed by atoms with Crippen molar-refractivity contribution >= 4 is 11.9 Å². The molecule has 5 nitrogen and oxygen atoms in total. The molecule has 0 fully saturated rings. The summed E-state index contributed by atoms with van der Waals surface area (Å²) in [4.78, 5) is 30.4. The van der Waals surface area contributed by atoms with Gasteiger partial charge in [0, 0.05) is 17.6 Å². The molecular formula is C12H18O5. The molecule has 0 aromatic heterocycles. The van der Waals surface area contributed by atoms with Gasteiger partial charge in [-0.25, -0.2) is 19.4 Å². The molecule has 1 N–H and O–H groups in total. The number of aliphatic hydroxyl groups is 1. The molecule has 0 aromatic carbocycles. The summed E-state index contributed by atoms with van der Waals surface area (Å²) in [6, 6.07) is 0. The fourth-order valence-electron chi connectivity index (χ4n) is 1.17. The summed E-state index contributed by atoms with van der Waals surface area (Å²) in [5, 5.41) is 9.40. The molecule has 0 amide bonds. The molecule has 2 atom stereocenters. The Hall–Kier alpha value is -1.62. The molecule has 0 heterocycles. The van der Waals surface area contributed by atoms with E-state index in [2.05, 4.69) is 16.4 Å². The van der Waals surface area contributed by atoms with E-state index in [1.807, 2.05) is 6.92 Å². The topological polar surface area (TPSA) is 72.8 Å². The average Bonchev–Trinajstić information content (AvgIpc) is 2.31. The van der Waals surface area contributed by atoms with Crippen molar-refractivity contribution in [2.75, 3.05) is 0 Å². The van der Waals surface area contributed by atoms with Gasteiger partial charge in [-0.15, -0.1) is 0 Å². The predicted molar refractivity (Wildman–Crippen MR) is 61.6 cm³/mol. The van der Waals surface area contributed by atoms with Crippen LogP contribution in [0.25, 0.3) is 0 Å². The highest BCUT2D eigenvalue weighted by Gasteiger charge is 2.15. The fraction of sp³-hybridized carbons (Fsp3) is 0.500. The van der Waals surface area contributed by atoms with Crippen molar-refractivity contribution < 1.29 is 24.5 Å². The summed E-state index contributed by atoms with van der Waals surface area (Å²) >= 11 is 0. The monoisotopic (exact) mass is 242 g/mol. The van der Waals surface area contributed by atoms with Gasteiger partial charge in [0.1, 0.15) is 0 Å². The van der Waals surface area contributed by atoms with Gasteiger partial charge < -0.3 is 5.11 Å². The molecule has 0 bridgehead atoms. The van der Waals surface area contributed by atoms with Crippen LogP contribution in [0.2, 0.25) is 0 Å². The molecule has 0 aliphatic rings. The molecular weight excluding hydrogens is 224 g/mol. The molecule has 0 aliphatic heterocycles. The Morgan fingerprint density at radius 3 is 2.41 bits per heavy atom. The molecule has 0 spiro atoms. The Bertz CT molecular complexity index is 317. The quantitative estimate of drug-likeness (QED) is 0.449. The first-order valence-corrected chi connectivity index (χ1v) is 5.34. The molecule has 0 aliphatic carbocycles. The van der Waals surface area contributed by atoms with Crippen molar-refractivity contribution in [2.45, 2.75) is 33.3 Å². The molecule has 96 valence electrons. The molecule has 0 saturated heterocycles. The van der Waals surface area contributed by atoms with Gasteiger partial charge in [-0.2, -0.15) is 0 Å². The first kappa shape index (κ1) is 15.4. The lowest BCUT2D eigenvalue weighted by molar-refractivity contribution is -0.251. The number of carbonyl (C=O) groups is 2. The van der Waals surface area contributed by atoms with Crippen LogP contribution in [0, 0.1) is 5.92 Å². The largest absolute Gasteiger partial charge is 0.393 e. The Balaban J connectivity index is 4.42. The van der Waals surface area contributed by atoms with Crippen LogP contribution in [-0.2, 0) is 19.4 Å². The number of aliphatic hydroxyl groups excluding tert-OH is 1. The van der Waals surface area contributed by atoms with Gasteiger partial charge in [0.2, 0.25) is 0 Å². The molecule has 0 saturated carbocycles. The molecule has 0 rings (SSSR count). The van der Waals surface area contributed by atoms with Crippen molar-refractivity contribution in [3.8, 4) is 0 Å². The van der Waals surface area contributed by atoms with Gasteiger partial charge in [0.05, 0.1) is 6.10 Å². The van der Waals surface area contributed by atoms with Crippen molar-refractivity contribution in [3.05, 3.63) is 24.3 Å². The number of hydrogen-bond acceptors (Lipinski definition) is 5. The second-order valence-corrected chi connectivity index (χ2v) is 3.64. The SMILES string of the molecule is C=CC(=O)OOC(=O)C(C)=CC(CC)C(C)O. The highest BCUT2D eigenvalue weighted by atomic mass is 17.2.